The van der Waals surface area contributed by atoms with Crippen LogP contribution in [0.15, 0.2) is 34.9 Å². The molecule has 0 aromatic heterocycles. The van der Waals surface area contributed by atoms with Gasteiger partial charge in [0.15, 0.2) is 0 Å². The lowest BCUT2D eigenvalue weighted by molar-refractivity contribution is 0.438. The Labute approximate surface area is 132 Å². The molecule has 2 aliphatic rings. The Morgan fingerprint density at radius 3 is 2.43 bits per heavy atom. The smallest absolute Gasteiger partial charge is 0.0196 e. The molecule has 2 rings (SSSR count). The summed E-state index contributed by atoms with van der Waals surface area (Å²) in [5, 5.41) is 0. The van der Waals surface area contributed by atoms with Crippen molar-refractivity contribution < 1.29 is 0 Å². The lowest BCUT2D eigenvalue weighted by atomic mass is 9.85. The molecule has 2 aliphatic carbocycles. The molecule has 0 nitrogen and oxygen atoms in total. The van der Waals surface area contributed by atoms with Crippen LogP contribution in [0.5, 0.6) is 0 Å². The summed E-state index contributed by atoms with van der Waals surface area (Å²) in [4.78, 5) is 0. The molecule has 2 bridgehead atoms. The summed E-state index contributed by atoms with van der Waals surface area (Å²) in [6, 6.07) is 0. The van der Waals surface area contributed by atoms with Crippen molar-refractivity contribution in [2.45, 2.75) is 79.1 Å². The van der Waals surface area contributed by atoms with Gasteiger partial charge in [0.1, 0.15) is 0 Å². The summed E-state index contributed by atoms with van der Waals surface area (Å²) in [6.07, 6.45) is 18.0. The molecule has 0 aromatic carbocycles. The van der Waals surface area contributed by atoms with E-state index in [1.54, 1.807) is 16.7 Å². The van der Waals surface area contributed by atoms with Gasteiger partial charge in [-0.2, -0.15) is 0 Å². The van der Waals surface area contributed by atoms with Gasteiger partial charge >= 0.3 is 0 Å². The molecule has 0 heteroatoms. The third-order valence-electron chi connectivity index (χ3n) is 5.75. The summed E-state index contributed by atoms with van der Waals surface area (Å²) in [5.74, 6) is 2.75. The summed E-state index contributed by atoms with van der Waals surface area (Å²) in [6.45, 7) is 9.20. The quantitative estimate of drug-likeness (QED) is 0.428. The third-order valence-corrected chi connectivity index (χ3v) is 5.75. The average Bonchev–Trinajstić information content (AvgIpc) is 3.09. The molecule has 3 unspecified atom stereocenters. The molecule has 118 valence electrons. The average molecular weight is 287 g/mol. The highest BCUT2D eigenvalue weighted by Crippen LogP contribution is 2.46. The molecule has 1 saturated carbocycles. The van der Waals surface area contributed by atoms with Gasteiger partial charge < -0.3 is 0 Å². The van der Waals surface area contributed by atoms with Crippen LogP contribution in [0, 0.1) is 17.8 Å². The fourth-order valence-electron chi connectivity index (χ4n) is 4.39. The molecule has 0 amide bonds. The molecule has 1 fully saturated rings. The predicted octanol–water partition coefficient (Wildman–Crippen LogP) is 6.84. The lowest BCUT2D eigenvalue weighted by Gasteiger charge is -2.20. The number of rotatable bonds is 8. The Hall–Kier alpha value is -0.780. The van der Waals surface area contributed by atoms with Crippen LogP contribution in [0.25, 0.3) is 0 Å². The summed E-state index contributed by atoms with van der Waals surface area (Å²) < 4.78 is 0. The van der Waals surface area contributed by atoms with Gasteiger partial charge in [-0.05, 0) is 76.5 Å². The molecule has 0 spiro atoms. The van der Waals surface area contributed by atoms with Crippen LogP contribution in [0.3, 0.4) is 0 Å². The number of fused-ring (bicyclic) bond motifs is 2. The predicted molar refractivity (Wildman–Crippen MR) is 94.4 cm³/mol. The molecule has 0 radical (unpaired) electrons. The van der Waals surface area contributed by atoms with E-state index in [1.807, 2.05) is 0 Å². The van der Waals surface area contributed by atoms with Gasteiger partial charge in [0.2, 0.25) is 0 Å². The van der Waals surface area contributed by atoms with Crippen LogP contribution < -0.4 is 0 Å². The molecule has 0 aliphatic heterocycles. The van der Waals surface area contributed by atoms with Gasteiger partial charge in [-0.1, -0.05) is 55.2 Å². The third kappa shape index (κ3) is 4.34. The first-order valence-corrected chi connectivity index (χ1v) is 9.17. The zero-order chi connectivity index (χ0) is 15.2. The van der Waals surface area contributed by atoms with E-state index in [-0.39, 0.29) is 0 Å². The number of hydrogen-bond acceptors (Lipinski definition) is 0. The van der Waals surface area contributed by atoms with Crippen LogP contribution >= 0.6 is 0 Å². The van der Waals surface area contributed by atoms with Gasteiger partial charge in [-0.15, -0.1) is 0 Å². The van der Waals surface area contributed by atoms with Crippen molar-refractivity contribution in [2.24, 2.45) is 17.8 Å². The highest BCUT2D eigenvalue weighted by atomic mass is 14.4. The molecule has 0 saturated heterocycles. The van der Waals surface area contributed by atoms with Crippen LogP contribution in [-0.2, 0) is 0 Å². The Balaban J connectivity index is 1.85. The largest absolute Gasteiger partial charge is 0.0884 e. The van der Waals surface area contributed by atoms with Crippen molar-refractivity contribution in [3.8, 4) is 0 Å². The van der Waals surface area contributed by atoms with Crippen molar-refractivity contribution >= 4 is 0 Å². The second-order valence-electron chi connectivity index (χ2n) is 7.18. The molecular weight excluding hydrogens is 252 g/mol. The van der Waals surface area contributed by atoms with Crippen molar-refractivity contribution in [3.05, 3.63) is 34.9 Å². The summed E-state index contributed by atoms with van der Waals surface area (Å²) >= 11 is 0. The topological polar surface area (TPSA) is 0 Å². The Morgan fingerprint density at radius 1 is 1.10 bits per heavy atom. The van der Waals surface area contributed by atoms with E-state index in [9.17, 15) is 0 Å². The first-order chi connectivity index (χ1) is 10.2. The van der Waals surface area contributed by atoms with E-state index in [4.69, 9.17) is 0 Å². The molecule has 0 aromatic rings. The second-order valence-corrected chi connectivity index (χ2v) is 7.18. The van der Waals surface area contributed by atoms with Gasteiger partial charge in [-0.25, -0.2) is 0 Å². The maximum absolute atomic E-state index is 2.49. The lowest BCUT2D eigenvalue weighted by Crippen LogP contribution is -2.08. The van der Waals surface area contributed by atoms with Gasteiger partial charge in [0.05, 0.1) is 0 Å². The first-order valence-electron chi connectivity index (χ1n) is 9.17. The zero-order valence-electron chi connectivity index (χ0n) is 14.6. The van der Waals surface area contributed by atoms with Crippen molar-refractivity contribution in [2.75, 3.05) is 0 Å². The van der Waals surface area contributed by atoms with Crippen LogP contribution in [0.2, 0.25) is 0 Å². The van der Waals surface area contributed by atoms with Gasteiger partial charge in [-0.3, -0.25) is 0 Å². The van der Waals surface area contributed by atoms with E-state index in [0.717, 1.165) is 17.8 Å². The van der Waals surface area contributed by atoms with E-state index in [0.29, 0.717) is 0 Å². The van der Waals surface area contributed by atoms with E-state index >= 15 is 0 Å². The normalized spacial score (nSPS) is 29.1. The highest BCUT2D eigenvalue weighted by molar-refractivity contribution is 5.17. The molecule has 0 heterocycles. The minimum Gasteiger partial charge on any atom is -0.0884 e. The summed E-state index contributed by atoms with van der Waals surface area (Å²) in [7, 11) is 0. The van der Waals surface area contributed by atoms with Crippen LogP contribution in [-0.4, -0.2) is 0 Å². The molecule has 0 N–H and O–H groups in total. The summed E-state index contributed by atoms with van der Waals surface area (Å²) in [5.41, 5.74) is 5.07. The fraction of sp³-hybridized carbons (Fsp3) is 0.714. The van der Waals surface area contributed by atoms with Crippen molar-refractivity contribution in [3.63, 3.8) is 0 Å². The standard InChI is InChI=1S/C21H34/c1-5-8-16(4)19(7-3)11-9-17(6-2)13-21-15-18-10-12-20(21)14-18/h6,10,12,18,20-21H,5,7-9,11,13-15H2,1-4H3. The van der Waals surface area contributed by atoms with Crippen molar-refractivity contribution in [1.29, 1.82) is 0 Å². The monoisotopic (exact) mass is 286 g/mol. The van der Waals surface area contributed by atoms with E-state index in [1.165, 1.54) is 51.4 Å². The maximum Gasteiger partial charge on any atom is -0.0196 e. The second kappa shape index (κ2) is 8.01. The SMILES string of the molecule is CC=C(CCC(CC)=C(C)CCC)CC1CC2C=CC1C2. The molecule has 3 atom stereocenters. The number of hydrogen-bond donors (Lipinski definition) is 0. The molecular formula is C21H34. The number of allylic oxidation sites excluding steroid dienone is 6. The van der Waals surface area contributed by atoms with E-state index < -0.39 is 0 Å². The van der Waals surface area contributed by atoms with Crippen LogP contribution in [0.1, 0.15) is 79.1 Å². The van der Waals surface area contributed by atoms with Gasteiger partial charge in [0, 0.05) is 0 Å². The first kappa shape index (κ1) is 16.6. The fourth-order valence-corrected chi connectivity index (χ4v) is 4.39. The minimum absolute atomic E-state index is 0.896. The maximum atomic E-state index is 2.49. The molecule has 21 heavy (non-hydrogen) atoms. The minimum atomic E-state index is 0.896. The van der Waals surface area contributed by atoms with Crippen molar-refractivity contribution in [1.82, 2.24) is 0 Å². The van der Waals surface area contributed by atoms with Gasteiger partial charge in [0.25, 0.3) is 0 Å². The zero-order valence-corrected chi connectivity index (χ0v) is 14.6. The highest BCUT2D eigenvalue weighted by Gasteiger charge is 2.35. The Bertz CT molecular complexity index is 421. The Morgan fingerprint density at radius 2 is 1.90 bits per heavy atom. The Kier molecular flexibility index (Phi) is 6.33. The van der Waals surface area contributed by atoms with Crippen LogP contribution in [0.4, 0.5) is 0 Å². The van der Waals surface area contributed by atoms with E-state index in [2.05, 4.69) is 45.9 Å².